The number of carbonyl (C=O) groups is 2. The molecule has 1 saturated heterocycles. The number of aromatic nitrogens is 1. The first-order valence-corrected chi connectivity index (χ1v) is 16.8. The molecule has 1 aromatic carbocycles. The number of aldehydes is 1. The minimum atomic E-state index is -1.75. The van der Waals surface area contributed by atoms with E-state index in [0.29, 0.717) is 21.9 Å². The lowest BCUT2D eigenvalue weighted by Crippen LogP contribution is -2.52. The highest BCUT2D eigenvalue weighted by atomic mass is 32.1. The first-order chi connectivity index (χ1) is 19.9. The van der Waals surface area contributed by atoms with Gasteiger partial charge in [0.05, 0.1) is 20.0 Å². The molecule has 0 unspecified atom stereocenters. The third-order valence-electron chi connectivity index (χ3n) is 8.25. The van der Waals surface area contributed by atoms with Crippen molar-refractivity contribution in [3.05, 3.63) is 78.2 Å². The number of aryl methyl sites for hydroxylation is 1. The van der Waals surface area contributed by atoms with Crippen LogP contribution >= 0.6 is 34.0 Å². The number of ether oxygens (including phenoxy) is 1. The molecule has 1 aliphatic heterocycles. The number of rotatable bonds is 9. The number of likely N-dealkylation sites (tertiary alicyclic amines) is 1. The summed E-state index contributed by atoms with van der Waals surface area (Å²) in [5, 5.41) is 15.2. The van der Waals surface area contributed by atoms with Crippen LogP contribution in [0.4, 0.5) is 0 Å². The zero-order valence-electron chi connectivity index (χ0n) is 23.4. The highest BCUT2D eigenvalue weighted by Crippen LogP contribution is 2.51. The largest absolute Gasteiger partial charge is 0.460 e. The topological polar surface area (TPSA) is 88.8 Å². The second kappa shape index (κ2) is 12.7. The molecule has 6 rings (SSSR count). The van der Waals surface area contributed by atoms with E-state index < -0.39 is 11.6 Å². The molecular weight excluding hydrogens is 577 g/mol. The molecule has 0 atom stereocenters. The van der Waals surface area contributed by atoms with Crippen molar-refractivity contribution in [2.24, 2.45) is 5.41 Å². The van der Waals surface area contributed by atoms with Gasteiger partial charge in [-0.2, -0.15) is 0 Å². The first-order valence-electron chi connectivity index (χ1n) is 14.2. The molecule has 0 amide bonds. The second-order valence-corrected chi connectivity index (χ2v) is 13.5. The van der Waals surface area contributed by atoms with Crippen LogP contribution in [0.1, 0.15) is 66.1 Å². The van der Waals surface area contributed by atoms with Gasteiger partial charge in [-0.05, 0) is 98.2 Å². The highest BCUT2D eigenvalue weighted by molar-refractivity contribution is 7.16. The van der Waals surface area contributed by atoms with E-state index in [1.807, 2.05) is 47.4 Å². The number of nitrogens with zero attached hydrogens (tertiary/aromatic N) is 2. The molecule has 4 heterocycles. The Bertz CT molecular complexity index is 1470. The zero-order chi connectivity index (χ0) is 29.0. The van der Waals surface area contributed by atoms with Gasteiger partial charge in [0.15, 0.2) is 0 Å². The molecule has 0 bridgehead atoms. The maximum atomic E-state index is 13.2. The van der Waals surface area contributed by atoms with Crippen molar-refractivity contribution in [3.8, 4) is 0 Å². The Kier molecular flexibility index (Phi) is 9.25. The van der Waals surface area contributed by atoms with Gasteiger partial charge in [-0.3, -0.25) is 14.2 Å². The van der Waals surface area contributed by atoms with Gasteiger partial charge >= 0.3 is 10.8 Å². The lowest BCUT2D eigenvalue weighted by Gasteiger charge is -2.51. The molecular formula is C31H36N2O5S3. The van der Waals surface area contributed by atoms with Gasteiger partial charge in [0.1, 0.15) is 12.4 Å². The van der Waals surface area contributed by atoms with Gasteiger partial charge in [-0.25, -0.2) is 4.79 Å². The molecule has 218 valence electrons. The number of esters is 1. The summed E-state index contributed by atoms with van der Waals surface area (Å²) in [6, 6.07) is 12.6. The van der Waals surface area contributed by atoms with Crippen molar-refractivity contribution >= 4 is 56.5 Å². The fraction of sp³-hybridized carbons (Fsp3) is 0.452. The summed E-state index contributed by atoms with van der Waals surface area (Å²) in [6.45, 7) is 7.59. The van der Waals surface area contributed by atoms with E-state index in [2.05, 4.69) is 4.90 Å². The van der Waals surface area contributed by atoms with Crippen molar-refractivity contribution in [2.45, 2.75) is 64.2 Å². The Morgan fingerprint density at radius 3 is 2.32 bits per heavy atom. The fourth-order valence-corrected chi connectivity index (χ4v) is 8.68. The van der Waals surface area contributed by atoms with Crippen LogP contribution in [0.3, 0.4) is 0 Å². The molecule has 1 aliphatic carbocycles. The van der Waals surface area contributed by atoms with E-state index in [4.69, 9.17) is 4.74 Å². The Morgan fingerprint density at radius 2 is 1.73 bits per heavy atom. The number of aliphatic hydroxyl groups is 1. The summed E-state index contributed by atoms with van der Waals surface area (Å²) in [5.74, 6) is -0.580. The van der Waals surface area contributed by atoms with Crippen molar-refractivity contribution in [1.29, 1.82) is 0 Å². The number of thiophene rings is 2. The van der Waals surface area contributed by atoms with Crippen LogP contribution in [0.15, 0.2) is 58.0 Å². The van der Waals surface area contributed by atoms with E-state index in [9.17, 15) is 19.5 Å². The molecule has 2 aliphatic rings. The quantitative estimate of drug-likeness (QED) is 0.181. The predicted octanol–water partition coefficient (Wildman–Crippen LogP) is 6.14. The summed E-state index contributed by atoms with van der Waals surface area (Å²) >= 11 is 3.91. The van der Waals surface area contributed by atoms with Crippen molar-refractivity contribution in [3.63, 3.8) is 0 Å². The van der Waals surface area contributed by atoms with Gasteiger partial charge in [0.2, 0.25) is 5.60 Å². The van der Waals surface area contributed by atoms with Gasteiger partial charge in [-0.1, -0.05) is 37.3 Å². The smallest absolute Gasteiger partial charge is 0.349 e. The van der Waals surface area contributed by atoms with Crippen LogP contribution in [0.5, 0.6) is 0 Å². The molecule has 1 spiro atoms. The molecule has 7 nitrogen and oxygen atoms in total. The minimum Gasteiger partial charge on any atom is -0.460 e. The van der Waals surface area contributed by atoms with Crippen molar-refractivity contribution in [1.82, 2.24) is 9.47 Å². The molecule has 10 heteroatoms. The maximum Gasteiger partial charge on any atom is 0.349 e. The SMILES string of the molecule is CC.O=Cc1ccc2c(c1)sc(=O)n2CCCN1CCC2(CC1)CC(OC(=O)C(O)(c1cccs1)c1cccs1)C2. The summed E-state index contributed by atoms with van der Waals surface area (Å²) < 4.78 is 8.55. The average Bonchev–Trinajstić information content (AvgIpc) is 3.76. The van der Waals surface area contributed by atoms with E-state index in [1.54, 1.807) is 24.3 Å². The van der Waals surface area contributed by atoms with E-state index in [-0.39, 0.29) is 16.4 Å². The zero-order valence-corrected chi connectivity index (χ0v) is 25.9. The van der Waals surface area contributed by atoms with Crippen LogP contribution in [0.2, 0.25) is 0 Å². The summed E-state index contributed by atoms with van der Waals surface area (Å²) in [6.07, 6.45) is 5.36. The fourth-order valence-electron chi connectivity index (χ4n) is 6.00. The molecule has 3 aromatic heterocycles. The average molecular weight is 613 g/mol. The number of fused-ring (bicyclic) bond motifs is 1. The Hall–Kier alpha value is -2.63. The Labute approximate surface area is 252 Å². The number of benzene rings is 1. The van der Waals surface area contributed by atoms with Crippen LogP contribution in [-0.4, -0.2) is 52.6 Å². The number of hydrogen-bond donors (Lipinski definition) is 1. The monoisotopic (exact) mass is 612 g/mol. The third-order valence-corrected chi connectivity index (χ3v) is 11.1. The Balaban J connectivity index is 0.00000165. The maximum absolute atomic E-state index is 13.2. The summed E-state index contributed by atoms with van der Waals surface area (Å²) in [4.78, 5) is 40.4. The molecule has 4 aromatic rings. The third kappa shape index (κ3) is 5.99. The molecule has 0 radical (unpaired) electrons. The molecule has 41 heavy (non-hydrogen) atoms. The van der Waals surface area contributed by atoms with Crippen LogP contribution < -0.4 is 4.87 Å². The lowest BCUT2D eigenvalue weighted by molar-refractivity contribution is -0.181. The summed E-state index contributed by atoms with van der Waals surface area (Å²) in [7, 11) is 0. The van der Waals surface area contributed by atoms with Crippen molar-refractivity contribution in [2.75, 3.05) is 19.6 Å². The van der Waals surface area contributed by atoms with Gasteiger partial charge in [-0.15, -0.1) is 22.7 Å². The molecule has 1 N–H and O–H groups in total. The predicted molar refractivity (Wildman–Crippen MR) is 166 cm³/mol. The van der Waals surface area contributed by atoms with Gasteiger partial charge in [0, 0.05) is 12.1 Å². The number of hydrogen-bond acceptors (Lipinski definition) is 9. The number of carbonyl (C=O) groups excluding carboxylic acids is 2. The van der Waals surface area contributed by atoms with Gasteiger partial charge < -0.3 is 14.7 Å². The Morgan fingerprint density at radius 1 is 1.07 bits per heavy atom. The minimum absolute atomic E-state index is 0.0192. The lowest BCUT2D eigenvalue weighted by atomic mass is 9.61. The van der Waals surface area contributed by atoms with E-state index in [0.717, 1.165) is 68.2 Å². The number of piperidine rings is 1. The van der Waals surface area contributed by atoms with Crippen LogP contribution in [-0.2, 0) is 21.7 Å². The normalized spacial score (nSPS) is 17.1. The van der Waals surface area contributed by atoms with Crippen LogP contribution in [0, 0.1) is 5.41 Å². The van der Waals surface area contributed by atoms with Gasteiger partial charge in [0.25, 0.3) is 0 Å². The van der Waals surface area contributed by atoms with Crippen LogP contribution in [0.25, 0.3) is 10.2 Å². The van der Waals surface area contributed by atoms with E-state index >= 15 is 0 Å². The standard InChI is InChI=1S/C29H30N2O5S3.C2H6/c32-19-20-6-7-22-23(16-20)39-27(34)31(22)11-3-10-30-12-8-28(9-13-30)17-21(18-28)36-26(33)29(35,24-4-1-14-37-24)25-5-2-15-38-25;1-2/h1-2,4-7,14-16,19,21,35H,3,8-13,17-18H2;1-2H3. The van der Waals surface area contributed by atoms with E-state index in [1.165, 1.54) is 34.0 Å². The number of thiazole rings is 1. The molecule has 1 saturated carbocycles. The first kappa shape index (κ1) is 29.8. The second-order valence-electron chi connectivity index (χ2n) is 10.7. The molecule has 2 fully saturated rings. The highest BCUT2D eigenvalue weighted by Gasteiger charge is 2.51. The van der Waals surface area contributed by atoms with Crippen molar-refractivity contribution < 1.29 is 19.4 Å². The summed E-state index contributed by atoms with van der Waals surface area (Å²) in [5.41, 5.74) is -0.0523.